The maximum absolute atomic E-state index is 12.8. The molecule has 0 unspecified atom stereocenters. The second kappa shape index (κ2) is 9.77. The first-order valence-corrected chi connectivity index (χ1v) is 10.2. The molecule has 2 amide bonds. The van der Waals surface area contributed by atoms with Gasteiger partial charge in [0.2, 0.25) is 0 Å². The van der Waals surface area contributed by atoms with Gasteiger partial charge in [-0.05, 0) is 18.6 Å². The number of amides is 2. The molecule has 168 valence electrons. The van der Waals surface area contributed by atoms with E-state index in [2.05, 4.69) is 30.6 Å². The van der Waals surface area contributed by atoms with E-state index in [-0.39, 0.29) is 11.8 Å². The van der Waals surface area contributed by atoms with Crippen LogP contribution in [0.3, 0.4) is 0 Å². The molecule has 0 atom stereocenters. The molecule has 0 spiro atoms. The van der Waals surface area contributed by atoms with Gasteiger partial charge in [0.15, 0.2) is 0 Å². The minimum atomic E-state index is -0.164. The van der Waals surface area contributed by atoms with Gasteiger partial charge >= 0.3 is 0 Å². The maximum Gasteiger partial charge on any atom is 0.255 e. The van der Waals surface area contributed by atoms with E-state index in [0.29, 0.717) is 42.0 Å². The SMILES string of the molecule is CN(CCCN(C)C(=O)c1cncc(-n2ccnn2)c1)C(=O)c1cncc(-n2ccnn2)c1. The summed E-state index contributed by atoms with van der Waals surface area (Å²) in [5, 5.41) is 15.4. The number of nitrogens with zero attached hydrogens (tertiary/aromatic N) is 10. The lowest BCUT2D eigenvalue weighted by Gasteiger charge is -2.21. The number of hydrogen-bond donors (Lipinski definition) is 0. The van der Waals surface area contributed by atoms with Gasteiger partial charge in [-0.15, -0.1) is 10.2 Å². The van der Waals surface area contributed by atoms with Crippen LogP contribution >= 0.6 is 0 Å². The molecule has 0 radical (unpaired) electrons. The maximum atomic E-state index is 12.8. The van der Waals surface area contributed by atoms with Crippen LogP contribution in [-0.2, 0) is 0 Å². The fourth-order valence-electron chi connectivity index (χ4n) is 3.22. The zero-order valence-electron chi connectivity index (χ0n) is 18.2. The lowest BCUT2D eigenvalue weighted by Crippen LogP contribution is -2.33. The number of carbonyl (C=O) groups is 2. The summed E-state index contributed by atoms with van der Waals surface area (Å²) in [5.41, 5.74) is 2.20. The van der Waals surface area contributed by atoms with Crippen molar-refractivity contribution < 1.29 is 9.59 Å². The van der Waals surface area contributed by atoms with Gasteiger partial charge in [0, 0.05) is 39.6 Å². The Hall–Kier alpha value is -4.48. The lowest BCUT2D eigenvalue weighted by atomic mass is 10.2. The molecule has 0 saturated carbocycles. The predicted molar refractivity (Wildman–Crippen MR) is 117 cm³/mol. The molecule has 0 aromatic carbocycles. The predicted octanol–water partition coefficient (Wildman–Crippen LogP) is 0.872. The van der Waals surface area contributed by atoms with Crippen LogP contribution < -0.4 is 0 Å². The van der Waals surface area contributed by atoms with E-state index >= 15 is 0 Å². The quantitative estimate of drug-likeness (QED) is 0.390. The Morgan fingerprint density at radius 1 is 0.758 bits per heavy atom. The average molecular weight is 446 g/mol. The van der Waals surface area contributed by atoms with Gasteiger partial charge in [0.25, 0.3) is 11.8 Å². The summed E-state index contributed by atoms with van der Waals surface area (Å²) in [6.07, 6.45) is 13.3. The molecule has 0 aliphatic carbocycles. The van der Waals surface area contributed by atoms with E-state index < -0.39 is 0 Å². The Bertz CT molecular complexity index is 1130. The molecule has 4 aromatic heterocycles. The fourth-order valence-corrected chi connectivity index (χ4v) is 3.22. The average Bonchev–Trinajstić information content (AvgIpc) is 3.58. The highest BCUT2D eigenvalue weighted by Gasteiger charge is 2.16. The van der Waals surface area contributed by atoms with Crippen LogP contribution in [0.25, 0.3) is 11.4 Å². The molecule has 0 aliphatic heterocycles. The second-order valence-corrected chi connectivity index (χ2v) is 7.37. The molecule has 4 rings (SSSR count). The van der Waals surface area contributed by atoms with Crippen LogP contribution in [-0.4, -0.2) is 88.8 Å². The normalized spacial score (nSPS) is 10.7. The zero-order valence-corrected chi connectivity index (χ0v) is 18.2. The van der Waals surface area contributed by atoms with E-state index in [9.17, 15) is 9.59 Å². The largest absolute Gasteiger partial charge is 0.342 e. The van der Waals surface area contributed by atoms with Gasteiger partial charge in [-0.25, -0.2) is 9.36 Å². The highest BCUT2D eigenvalue weighted by atomic mass is 16.2. The second-order valence-electron chi connectivity index (χ2n) is 7.37. The van der Waals surface area contributed by atoms with Crippen molar-refractivity contribution in [3.8, 4) is 11.4 Å². The number of pyridine rings is 2. The highest BCUT2D eigenvalue weighted by Crippen LogP contribution is 2.11. The third-order valence-corrected chi connectivity index (χ3v) is 5.00. The smallest absolute Gasteiger partial charge is 0.255 e. The Morgan fingerprint density at radius 3 is 1.61 bits per heavy atom. The molecule has 0 fully saturated rings. The number of aromatic nitrogens is 8. The van der Waals surface area contributed by atoms with Gasteiger partial charge in [0.1, 0.15) is 0 Å². The van der Waals surface area contributed by atoms with Crippen molar-refractivity contribution in [3.05, 3.63) is 72.8 Å². The van der Waals surface area contributed by atoms with Crippen molar-refractivity contribution in [2.45, 2.75) is 6.42 Å². The topological polar surface area (TPSA) is 128 Å². The summed E-state index contributed by atoms with van der Waals surface area (Å²) < 4.78 is 3.08. The molecular weight excluding hydrogens is 424 g/mol. The minimum Gasteiger partial charge on any atom is -0.342 e. The molecule has 4 heterocycles. The van der Waals surface area contributed by atoms with E-state index in [1.807, 2.05) is 0 Å². The molecule has 0 aliphatic rings. The Labute approximate surface area is 189 Å². The van der Waals surface area contributed by atoms with Gasteiger partial charge < -0.3 is 9.80 Å². The number of carbonyl (C=O) groups excluding carboxylic acids is 2. The molecule has 0 N–H and O–H groups in total. The molecule has 12 heteroatoms. The summed E-state index contributed by atoms with van der Waals surface area (Å²) in [4.78, 5) is 37.0. The van der Waals surface area contributed by atoms with Crippen molar-refractivity contribution >= 4 is 11.8 Å². The third kappa shape index (κ3) is 5.06. The van der Waals surface area contributed by atoms with Crippen LogP contribution in [0.5, 0.6) is 0 Å². The monoisotopic (exact) mass is 446 g/mol. The van der Waals surface area contributed by atoms with E-state index in [1.165, 1.54) is 21.8 Å². The van der Waals surface area contributed by atoms with Gasteiger partial charge in [-0.3, -0.25) is 19.6 Å². The molecule has 33 heavy (non-hydrogen) atoms. The molecule has 0 saturated heterocycles. The van der Waals surface area contributed by atoms with Crippen LogP contribution in [0, 0.1) is 0 Å². The Balaban J connectivity index is 1.32. The fraction of sp³-hybridized carbons (Fsp3) is 0.238. The lowest BCUT2D eigenvalue weighted by molar-refractivity contribution is 0.0764. The van der Waals surface area contributed by atoms with Gasteiger partial charge in [-0.2, -0.15) is 0 Å². The molecular formula is C21H22N10O2. The first-order chi connectivity index (χ1) is 16.0. The third-order valence-electron chi connectivity index (χ3n) is 5.00. The van der Waals surface area contributed by atoms with Crippen molar-refractivity contribution in [3.63, 3.8) is 0 Å². The van der Waals surface area contributed by atoms with Gasteiger partial charge in [0.05, 0.1) is 59.7 Å². The van der Waals surface area contributed by atoms with Crippen molar-refractivity contribution in [2.75, 3.05) is 27.2 Å². The van der Waals surface area contributed by atoms with Crippen molar-refractivity contribution in [1.29, 1.82) is 0 Å². The summed E-state index contributed by atoms with van der Waals surface area (Å²) in [6, 6.07) is 3.43. The van der Waals surface area contributed by atoms with Crippen LogP contribution in [0.1, 0.15) is 27.1 Å². The first-order valence-electron chi connectivity index (χ1n) is 10.2. The Kier molecular flexibility index (Phi) is 6.43. The number of hydrogen-bond acceptors (Lipinski definition) is 8. The standard InChI is InChI=1S/C21H22N10O2/c1-28(20(32)16-10-18(14-22-12-16)30-8-4-24-26-30)6-3-7-29(2)21(33)17-11-19(15-23-13-17)31-9-5-25-27-31/h4-5,8-15H,3,6-7H2,1-2H3. The summed E-state index contributed by atoms with van der Waals surface area (Å²) in [6.45, 7) is 0.947. The van der Waals surface area contributed by atoms with Crippen LogP contribution in [0.4, 0.5) is 0 Å². The van der Waals surface area contributed by atoms with E-state index in [4.69, 9.17) is 0 Å². The summed E-state index contributed by atoms with van der Waals surface area (Å²) in [7, 11) is 3.44. The van der Waals surface area contributed by atoms with Crippen molar-refractivity contribution in [1.82, 2.24) is 49.8 Å². The molecule has 12 nitrogen and oxygen atoms in total. The number of rotatable bonds is 8. The zero-order chi connectivity index (χ0) is 23.2. The minimum absolute atomic E-state index is 0.164. The summed E-state index contributed by atoms with van der Waals surface area (Å²) >= 11 is 0. The van der Waals surface area contributed by atoms with Crippen LogP contribution in [0.2, 0.25) is 0 Å². The molecule has 0 bridgehead atoms. The van der Waals surface area contributed by atoms with E-state index in [0.717, 1.165) is 0 Å². The molecule has 4 aromatic rings. The first kappa shape index (κ1) is 21.7. The van der Waals surface area contributed by atoms with Crippen molar-refractivity contribution in [2.24, 2.45) is 0 Å². The van der Waals surface area contributed by atoms with Crippen LogP contribution in [0.15, 0.2) is 61.7 Å². The highest BCUT2D eigenvalue weighted by molar-refractivity contribution is 5.94. The van der Waals surface area contributed by atoms with Gasteiger partial charge in [-0.1, -0.05) is 10.4 Å². The summed E-state index contributed by atoms with van der Waals surface area (Å²) in [5.74, 6) is -0.327. The Morgan fingerprint density at radius 2 is 1.21 bits per heavy atom. The van der Waals surface area contributed by atoms with E-state index in [1.54, 1.807) is 73.2 Å².